The van der Waals surface area contributed by atoms with Crippen LogP contribution in [0.5, 0.6) is 0 Å². The summed E-state index contributed by atoms with van der Waals surface area (Å²) in [5, 5.41) is 5.47. The van der Waals surface area contributed by atoms with E-state index in [9.17, 15) is 14.4 Å². The third kappa shape index (κ3) is 3.65. The Balaban J connectivity index is 1.36. The van der Waals surface area contributed by atoms with Crippen LogP contribution in [0.2, 0.25) is 0 Å². The van der Waals surface area contributed by atoms with Crippen molar-refractivity contribution >= 4 is 34.4 Å². The number of H-pyrrole nitrogens is 1. The minimum atomic E-state index is -0.925. The Kier molecular flexibility index (Phi) is 4.89. The van der Waals surface area contributed by atoms with E-state index in [0.29, 0.717) is 17.8 Å². The second-order valence-electron chi connectivity index (χ2n) is 8.00. The lowest BCUT2D eigenvalue weighted by molar-refractivity contribution is -0.137. The highest BCUT2D eigenvalue weighted by atomic mass is 16.2. The molecule has 0 radical (unpaired) electrons. The van der Waals surface area contributed by atoms with Crippen molar-refractivity contribution in [1.29, 1.82) is 0 Å². The number of para-hydroxylation sites is 3. The minimum Gasteiger partial charge on any atom is -0.340 e. The highest BCUT2D eigenvalue weighted by Crippen LogP contribution is 2.31. The molecule has 2 aliphatic rings. The number of rotatable bonds is 3. The van der Waals surface area contributed by atoms with Crippen LogP contribution in [-0.2, 0) is 9.59 Å². The number of carbonyl (C=O) groups excluding carboxylic acids is 3. The van der Waals surface area contributed by atoms with Crippen molar-refractivity contribution in [2.24, 2.45) is 0 Å². The van der Waals surface area contributed by atoms with E-state index in [1.165, 1.54) is 0 Å². The number of amides is 3. The van der Waals surface area contributed by atoms with E-state index in [1.54, 1.807) is 29.2 Å². The van der Waals surface area contributed by atoms with Gasteiger partial charge in [0.2, 0.25) is 11.8 Å². The summed E-state index contributed by atoms with van der Waals surface area (Å²) in [7, 11) is 0. The fourth-order valence-corrected chi connectivity index (χ4v) is 4.39. The summed E-state index contributed by atoms with van der Waals surface area (Å²) in [6.07, 6.45) is 2.61. The Labute approximate surface area is 179 Å². The normalized spacial score (nSPS) is 21.2. The van der Waals surface area contributed by atoms with Gasteiger partial charge in [-0.05, 0) is 43.5 Å². The van der Waals surface area contributed by atoms with E-state index >= 15 is 0 Å². The van der Waals surface area contributed by atoms with Crippen molar-refractivity contribution in [1.82, 2.24) is 20.2 Å². The molecule has 8 heteroatoms. The summed E-state index contributed by atoms with van der Waals surface area (Å²) in [4.78, 5) is 48.3. The molecule has 1 fully saturated rings. The van der Waals surface area contributed by atoms with E-state index in [4.69, 9.17) is 0 Å². The van der Waals surface area contributed by atoms with Crippen LogP contribution in [0, 0.1) is 0 Å². The smallest absolute Gasteiger partial charge is 0.254 e. The Bertz CT molecular complexity index is 1140. The fraction of sp³-hybridized carbons (Fsp3) is 0.304. The summed E-state index contributed by atoms with van der Waals surface area (Å²) in [6, 6.07) is 13.5. The second-order valence-corrected chi connectivity index (χ2v) is 8.00. The fourth-order valence-electron chi connectivity index (χ4n) is 4.39. The lowest BCUT2D eigenvalue weighted by Crippen LogP contribution is -2.47. The van der Waals surface area contributed by atoms with Crippen LogP contribution in [0.15, 0.2) is 48.5 Å². The third-order valence-electron chi connectivity index (χ3n) is 5.98. The molecular formula is C23H23N5O3. The highest BCUT2D eigenvalue weighted by Gasteiger charge is 2.35. The van der Waals surface area contributed by atoms with Gasteiger partial charge in [0.15, 0.2) is 0 Å². The zero-order chi connectivity index (χ0) is 21.4. The predicted molar refractivity (Wildman–Crippen MR) is 115 cm³/mol. The Morgan fingerprint density at radius 1 is 1.06 bits per heavy atom. The number of nitrogens with one attached hydrogen (secondary N) is 3. The van der Waals surface area contributed by atoms with Gasteiger partial charge in [0, 0.05) is 6.54 Å². The maximum absolute atomic E-state index is 13.3. The maximum Gasteiger partial charge on any atom is 0.254 e. The first-order valence-corrected chi connectivity index (χ1v) is 10.5. The van der Waals surface area contributed by atoms with Crippen molar-refractivity contribution in [2.45, 2.75) is 37.8 Å². The molecule has 0 bridgehead atoms. The van der Waals surface area contributed by atoms with Crippen LogP contribution in [-0.4, -0.2) is 45.2 Å². The van der Waals surface area contributed by atoms with Crippen LogP contribution in [0.4, 0.5) is 5.69 Å². The number of piperidine rings is 1. The molecule has 1 saturated heterocycles. The van der Waals surface area contributed by atoms with E-state index in [0.717, 1.165) is 36.1 Å². The van der Waals surface area contributed by atoms with E-state index in [2.05, 4.69) is 20.6 Å². The highest BCUT2D eigenvalue weighted by molar-refractivity contribution is 6.10. The van der Waals surface area contributed by atoms with Crippen LogP contribution in [0.25, 0.3) is 11.0 Å². The zero-order valence-electron chi connectivity index (χ0n) is 16.9. The Morgan fingerprint density at radius 3 is 2.74 bits per heavy atom. The van der Waals surface area contributed by atoms with Gasteiger partial charge in [0.25, 0.3) is 5.91 Å². The minimum absolute atomic E-state index is 0.0950. The molecule has 5 rings (SSSR count). The van der Waals surface area contributed by atoms with Crippen molar-refractivity contribution < 1.29 is 14.4 Å². The maximum atomic E-state index is 13.3. The summed E-state index contributed by atoms with van der Waals surface area (Å²) < 4.78 is 0. The number of likely N-dealkylation sites (tertiary alicyclic amines) is 1. The van der Waals surface area contributed by atoms with Crippen molar-refractivity contribution in [2.75, 3.05) is 11.9 Å². The SMILES string of the molecule is O=C1N[C@@H](CC(=O)N2CCCC[C@H]2c2nc3ccccc3[nH]2)C(=O)Nc2ccccc21. The number of hydrogen-bond donors (Lipinski definition) is 3. The molecule has 0 unspecified atom stereocenters. The van der Waals surface area contributed by atoms with Crippen molar-refractivity contribution in [3.05, 3.63) is 59.9 Å². The molecule has 3 aromatic rings. The summed E-state index contributed by atoms with van der Waals surface area (Å²) in [5.41, 5.74) is 2.65. The number of nitrogens with zero attached hydrogens (tertiary/aromatic N) is 2. The van der Waals surface area contributed by atoms with E-state index in [-0.39, 0.29) is 30.2 Å². The number of imidazole rings is 1. The van der Waals surface area contributed by atoms with Crippen LogP contribution in [0.3, 0.4) is 0 Å². The predicted octanol–water partition coefficient (Wildman–Crippen LogP) is 2.76. The molecule has 3 amide bonds. The number of benzene rings is 2. The van der Waals surface area contributed by atoms with Gasteiger partial charge in [-0.25, -0.2) is 4.98 Å². The van der Waals surface area contributed by atoms with Gasteiger partial charge in [-0.1, -0.05) is 24.3 Å². The number of carbonyl (C=O) groups is 3. The van der Waals surface area contributed by atoms with E-state index in [1.807, 2.05) is 24.3 Å². The molecule has 3 N–H and O–H groups in total. The van der Waals surface area contributed by atoms with Crippen molar-refractivity contribution in [3.8, 4) is 0 Å². The topological polar surface area (TPSA) is 107 Å². The van der Waals surface area contributed by atoms with Gasteiger partial charge in [-0.2, -0.15) is 0 Å². The first-order chi connectivity index (χ1) is 15.1. The summed E-state index contributed by atoms with van der Waals surface area (Å²) >= 11 is 0. The molecule has 31 heavy (non-hydrogen) atoms. The van der Waals surface area contributed by atoms with Gasteiger partial charge in [0.05, 0.1) is 34.7 Å². The van der Waals surface area contributed by atoms with Gasteiger partial charge in [-0.15, -0.1) is 0 Å². The molecule has 0 aliphatic carbocycles. The lowest BCUT2D eigenvalue weighted by Gasteiger charge is -2.35. The number of aromatic nitrogens is 2. The van der Waals surface area contributed by atoms with Gasteiger partial charge in [0.1, 0.15) is 11.9 Å². The molecule has 2 atom stereocenters. The average Bonchev–Trinajstić information content (AvgIpc) is 3.18. The molecule has 0 saturated carbocycles. The van der Waals surface area contributed by atoms with Crippen LogP contribution in [0.1, 0.15) is 47.9 Å². The first-order valence-electron chi connectivity index (χ1n) is 10.5. The summed E-state index contributed by atoms with van der Waals surface area (Å²) in [6.45, 7) is 0.600. The standard InChI is InChI=1S/C23H23N5O3/c29-20(13-18-23(31)26-15-8-2-1-7-14(15)22(30)27-18)28-12-6-5-11-19(28)21-24-16-9-3-4-10-17(16)25-21/h1-4,7-10,18-19H,5-6,11-13H2,(H,24,25)(H,26,31)(H,27,30)/t18-,19-/m0/s1. The van der Waals surface area contributed by atoms with E-state index < -0.39 is 6.04 Å². The molecular weight excluding hydrogens is 394 g/mol. The van der Waals surface area contributed by atoms with Crippen LogP contribution < -0.4 is 10.6 Å². The largest absolute Gasteiger partial charge is 0.340 e. The van der Waals surface area contributed by atoms with Crippen molar-refractivity contribution in [3.63, 3.8) is 0 Å². The molecule has 1 aromatic heterocycles. The monoisotopic (exact) mass is 417 g/mol. The van der Waals surface area contributed by atoms with Gasteiger partial charge >= 0.3 is 0 Å². The number of fused-ring (bicyclic) bond motifs is 2. The zero-order valence-corrected chi connectivity index (χ0v) is 16.9. The Hall–Kier alpha value is -3.68. The molecule has 3 heterocycles. The van der Waals surface area contributed by atoms with Crippen LogP contribution >= 0.6 is 0 Å². The molecule has 0 spiro atoms. The molecule has 158 valence electrons. The van der Waals surface area contributed by atoms with Gasteiger partial charge < -0.3 is 20.5 Å². The molecule has 2 aliphatic heterocycles. The Morgan fingerprint density at radius 2 is 1.87 bits per heavy atom. The lowest BCUT2D eigenvalue weighted by atomic mass is 10.00. The number of aromatic amines is 1. The number of hydrogen-bond acceptors (Lipinski definition) is 4. The molecule has 2 aromatic carbocycles. The summed E-state index contributed by atoms with van der Waals surface area (Å²) in [5.74, 6) is -0.157. The second kappa shape index (κ2) is 7.86. The number of anilines is 1. The first kappa shape index (κ1) is 19.3. The quantitative estimate of drug-likeness (QED) is 0.609. The van der Waals surface area contributed by atoms with Gasteiger partial charge in [-0.3, -0.25) is 14.4 Å². The average molecular weight is 417 g/mol. The molecule has 8 nitrogen and oxygen atoms in total. The third-order valence-corrected chi connectivity index (χ3v) is 5.98.